The van der Waals surface area contributed by atoms with Gasteiger partial charge in [0.25, 0.3) is 5.91 Å². The Kier molecular flexibility index (Phi) is 4.81. The summed E-state index contributed by atoms with van der Waals surface area (Å²) < 4.78 is 0. The number of aryl methyl sites for hydroxylation is 1. The largest absolute Gasteiger partial charge is 0.363 e. The molecule has 0 spiro atoms. The van der Waals surface area contributed by atoms with E-state index in [1.807, 2.05) is 49.1 Å². The second kappa shape index (κ2) is 7.01. The number of aromatic amines is 1. The average Bonchev–Trinajstić information content (AvgIpc) is 2.63. The summed E-state index contributed by atoms with van der Waals surface area (Å²) >= 11 is 0. The van der Waals surface area contributed by atoms with Gasteiger partial charge in [0.05, 0.1) is 0 Å². The van der Waals surface area contributed by atoms with Crippen LogP contribution in [0.25, 0.3) is 0 Å². The van der Waals surface area contributed by atoms with Crippen molar-refractivity contribution in [3.05, 3.63) is 69.1 Å². The Bertz CT molecular complexity index is 775. The Morgan fingerprint density at radius 3 is 2.42 bits per heavy atom. The van der Waals surface area contributed by atoms with E-state index in [0.29, 0.717) is 19.6 Å². The minimum absolute atomic E-state index is 0.0928. The third-order valence-electron chi connectivity index (χ3n) is 4.68. The van der Waals surface area contributed by atoms with Gasteiger partial charge in [-0.15, -0.1) is 0 Å². The number of carbonyl (C=O) groups is 1. The van der Waals surface area contributed by atoms with Gasteiger partial charge in [-0.25, -0.2) is 0 Å². The molecule has 24 heavy (non-hydrogen) atoms. The molecule has 5 heteroatoms. The number of carbonyl (C=O) groups excluding carboxylic acids is 1. The number of hydrogen-bond acceptors (Lipinski definition) is 3. The van der Waals surface area contributed by atoms with Crippen LogP contribution in [0, 0.1) is 13.8 Å². The van der Waals surface area contributed by atoms with Gasteiger partial charge in [-0.1, -0.05) is 18.2 Å². The van der Waals surface area contributed by atoms with Crippen LogP contribution in [0.4, 0.5) is 0 Å². The van der Waals surface area contributed by atoms with Crippen LogP contribution in [-0.4, -0.2) is 46.9 Å². The zero-order valence-corrected chi connectivity index (χ0v) is 14.2. The fourth-order valence-electron chi connectivity index (χ4n) is 3.06. The van der Waals surface area contributed by atoms with Gasteiger partial charge in [0, 0.05) is 61.3 Å². The van der Waals surface area contributed by atoms with Gasteiger partial charge in [0.2, 0.25) is 0 Å². The van der Waals surface area contributed by atoms with Crippen LogP contribution in [0.1, 0.15) is 27.2 Å². The van der Waals surface area contributed by atoms with E-state index < -0.39 is 0 Å². The van der Waals surface area contributed by atoms with E-state index in [4.69, 9.17) is 0 Å². The van der Waals surface area contributed by atoms with Crippen molar-refractivity contribution in [3.8, 4) is 0 Å². The first-order valence-electron chi connectivity index (χ1n) is 8.30. The molecule has 2 heterocycles. The minimum atomic E-state index is 0.0928. The second-order valence-electron chi connectivity index (χ2n) is 6.34. The number of hydrogen-bond donors (Lipinski definition) is 1. The van der Waals surface area contributed by atoms with E-state index in [0.717, 1.165) is 35.5 Å². The lowest BCUT2D eigenvalue weighted by Gasteiger charge is -2.34. The standard InChI is InChI=1S/C19H23N3O2/c1-14-12-20-17(15(2)18(14)23)13-21-8-10-22(11-9-21)19(24)16-6-4-3-5-7-16/h3-7,12H,8-11,13H2,1-2H3,(H,20,23). The molecule has 1 aliphatic heterocycles. The Morgan fingerprint density at radius 2 is 1.75 bits per heavy atom. The maximum Gasteiger partial charge on any atom is 0.253 e. The van der Waals surface area contributed by atoms with Crippen molar-refractivity contribution >= 4 is 5.91 Å². The Hall–Kier alpha value is -2.40. The van der Waals surface area contributed by atoms with Crippen molar-refractivity contribution in [3.63, 3.8) is 0 Å². The molecule has 1 aromatic carbocycles. The highest BCUT2D eigenvalue weighted by Gasteiger charge is 2.22. The fraction of sp³-hybridized carbons (Fsp3) is 0.368. The highest BCUT2D eigenvalue weighted by molar-refractivity contribution is 5.94. The van der Waals surface area contributed by atoms with Gasteiger partial charge in [-0.2, -0.15) is 0 Å². The predicted octanol–water partition coefficient (Wildman–Crippen LogP) is 1.95. The first-order chi connectivity index (χ1) is 11.6. The molecular formula is C19H23N3O2. The summed E-state index contributed by atoms with van der Waals surface area (Å²) in [4.78, 5) is 31.9. The lowest BCUT2D eigenvalue weighted by molar-refractivity contribution is 0.0626. The summed E-state index contributed by atoms with van der Waals surface area (Å²) in [7, 11) is 0. The van der Waals surface area contributed by atoms with Crippen molar-refractivity contribution in [2.75, 3.05) is 26.2 Å². The average molecular weight is 325 g/mol. The number of benzene rings is 1. The normalized spacial score (nSPS) is 15.5. The monoisotopic (exact) mass is 325 g/mol. The molecule has 0 atom stereocenters. The molecule has 0 aliphatic carbocycles. The summed E-state index contributed by atoms with van der Waals surface area (Å²) in [5, 5.41) is 0. The summed E-state index contributed by atoms with van der Waals surface area (Å²) in [6.45, 7) is 7.46. The van der Waals surface area contributed by atoms with Crippen molar-refractivity contribution in [2.24, 2.45) is 0 Å². The van der Waals surface area contributed by atoms with E-state index in [2.05, 4.69) is 9.88 Å². The van der Waals surface area contributed by atoms with E-state index >= 15 is 0 Å². The van der Waals surface area contributed by atoms with Crippen LogP contribution in [0.15, 0.2) is 41.3 Å². The summed E-state index contributed by atoms with van der Waals surface area (Å²) in [6.07, 6.45) is 1.78. The topological polar surface area (TPSA) is 56.4 Å². The number of pyridine rings is 1. The van der Waals surface area contributed by atoms with Crippen molar-refractivity contribution < 1.29 is 4.79 Å². The first kappa shape index (κ1) is 16.5. The van der Waals surface area contributed by atoms with E-state index in [9.17, 15) is 9.59 Å². The summed E-state index contributed by atoms with van der Waals surface area (Å²) in [5.41, 5.74) is 3.35. The molecule has 0 bridgehead atoms. The zero-order valence-electron chi connectivity index (χ0n) is 14.2. The number of nitrogens with one attached hydrogen (secondary N) is 1. The molecule has 1 aromatic heterocycles. The molecule has 1 N–H and O–H groups in total. The zero-order chi connectivity index (χ0) is 17.1. The number of nitrogens with zero attached hydrogens (tertiary/aromatic N) is 2. The lowest BCUT2D eigenvalue weighted by Crippen LogP contribution is -2.48. The van der Waals surface area contributed by atoms with Crippen molar-refractivity contribution in [2.45, 2.75) is 20.4 Å². The van der Waals surface area contributed by atoms with E-state index in [1.165, 1.54) is 0 Å². The van der Waals surface area contributed by atoms with Crippen LogP contribution in [0.3, 0.4) is 0 Å². The van der Waals surface area contributed by atoms with E-state index in [-0.39, 0.29) is 11.3 Å². The third-order valence-corrected chi connectivity index (χ3v) is 4.68. The molecule has 126 valence electrons. The molecule has 3 rings (SSSR count). The van der Waals surface area contributed by atoms with Crippen molar-refractivity contribution in [1.29, 1.82) is 0 Å². The van der Waals surface area contributed by atoms with Gasteiger partial charge in [-0.05, 0) is 26.0 Å². The number of H-pyrrole nitrogens is 1. The maximum absolute atomic E-state index is 12.5. The van der Waals surface area contributed by atoms with Crippen LogP contribution < -0.4 is 5.43 Å². The maximum atomic E-state index is 12.5. The molecule has 2 aromatic rings. The Morgan fingerprint density at radius 1 is 1.08 bits per heavy atom. The van der Waals surface area contributed by atoms with Crippen LogP contribution in [-0.2, 0) is 6.54 Å². The number of aromatic nitrogens is 1. The second-order valence-corrected chi connectivity index (χ2v) is 6.34. The molecule has 1 amide bonds. The highest BCUT2D eigenvalue weighted by Crippen LogP contribution is 2.12. The van der Waals surface area contributed by atoms with Gasteiger partial charge in [0.1, 0.15) is 0 Å². The lowest BCUT2D eigenvalue weighted by atomic mass is 10.1. The van der Waals surface area contributed by atoms with E-state index in [1.54, 1.807) is 6.20 Å². The molecule has 0 radical (unpaired) electrons. The Balaban J connectivity index is 1.61. The third kappa shape index (κ3) is 3.41. The predicted molar refractivity (Wildman–Crippen MR) is 94.2 cm³/mol. The fourth-order valence-corrected chi connectivity index (χ4v) is 3.06. The summed E-state index contributed by atoms with van der Waals surface area (Å²) in [6, 6.07) is 9.41. The molecular weight excluding hydrogens is 302 g/mol. The number of rotatable bonds is 3. The summed E-state index contributed by atoms with van der Waals surface area (Å²) in [5.74, 6) is 0.0928. The molecule has 0 unspecified atom stereocenters. The minimum Gasteiger partial charge on any atom is -0.363 e. The number of piperazine rings is 1. The van der Waals surface area contributed by atoms with Crippen LogP contribution in [0.2, 0.25) is 0 Å². The molecule has 0 saturated carbocycles. The van der Waals surface area contributed by atoms with Crippen LogP contribution >= 0.6 is 0 Å². The molecule has 1 saturated heterocycles. The smallest absolute Gasteiger partial charge is 0.253 e. The van der Waals surface area contributed by atoms with Gasteiger partial charge in [-0.3, -0.25) is 14.5 Å². The quantitative estimate of drug-likeness (QED) is 0.938. The van der Waals surface area contributed by atoms with Gasteiger partial charge >= 0.3 is 0 Å². The SMILES string of the molecule is Cc1c[nH]c(CN2CCN(C(=O)c3ccccc3)CC2)c(C)c1=O. The first-order valence-corrected chi connectivity index (χ1v) is 8.30. The van der Waals surface area contributed by atoms with Gasteiger partial charge in [0.15, 0.2) is 5.43 Å². The van der Waals surface area contributed by atoms with Gasteiger partial charge < -0.3 is 9.88 Å². The highest BCUT2D eigenvalue weighted by atomic mass is 16.2. The number of amides is 1. The van der Waals surface area contributed by atoms with Crippen LogP contribution in [0.5, 0.6) is 0 Å². The molecule has 1 fully saturated rings. The molecule has 1 aliphatic rings. The van der Waals surface area contributed by atoms with Crippen molar-refractivity contribution in [1.82, 2.24) is 14.8 Å². The Labute approximate surface area is 141 Å². The molecule has 5 nitrogen and oxygen atoms in total.